The third-order valence-corrected chi connectivity index (χ3v) is 6.47. The molecule has 1 aromatic carbocycles. The van der Waals surface area contributed by atoms with Crippen LogP contribution in [-0.4, -0.2) is 44.7 Å². The molecule has 142 valence electrons. The number of carbonyl (C=O) groups is 1. The fourth-order valence-electron chi connectivity index (χ4n) is 4.79. The predicted molar refractivity (Wildman–Crippen MR) is 102 cm³/mol. The number of nitrogens with one attached hydrogen (secondary N) is 1. The Labute approximate surface area is 160 Å². The molecule has 1 saturated carbocycles. The van der Waals surface area contributed by atoms with Gasteiger partial charge in [0.2, 0.25) is 5.82 Å². The summed E-state index contributed by atoms with van der Waals surface area (Å²) >= 11 is 0. The molecule has 6 nitrogen and oxygen atoms in total. The van der Waals surface area contributed by atoms with Gasteiger partial charge in [0, 0.05) is 38.6 Å². The molecule has 2 fully saturated rings. The second-order valence-electron chi connectivity index (χ2n) is 8.56. The van der Waals surface area contributed by atoms with Crippen molar-refractivity contribution < 1.29 is 4.79 Å². The van der Waals surface area contributed by atoms with Crippen LogP contribution < -0.4 is 5.32 Å². The first-order valence-electron chi connectivity index (χ1n) is 10.2. The van der Waals surface area contributed by atoms with Crippen molar-refractivity contribution in [1.29, 1.82) is 0 Å². The van der Waals surface area contributed by atoms with Crippen LogP contribution in [0.3, 0.4) is 0 Å². The Morgan fingerprint density at radius 1 is 1.19 bits per heavy atom. The van der Waals surface area contributed by atoms with Gasteiger partial charge < -0.3 is 9.88 Å². The number of likely N-dealkylation sites (tertiary alicyclic amines) is 1. The molecule has 2 atom stereocenters. The largest absolute Gasteiger partial charge is 0.347 e. The van der Waals surface area contributed by atoms with Gasteiger partial charge in [-0.25, -0.2) is 0 Å². The summed E-state index contributed by atoms with van der Waals surface area (Å²) in [6.45, 7) is 6.21. The van der Waals surface area contributed by atoms with Gasteiger partial charge in [-0.1, -0.05) is 29.8 Å². The lowest BCUT2D eigenvalue weighted by Gasteiger charge is -2.28. The maximum Gasteiger partial charge on any atom is 0.289 e. The number of nitrogens with zero attached hydrogens (tertiary/aromatic N) is 4. The molecule has 6 heteroatoms. The molecule has 1 amide bonds. The lowest BCUT2D eigenvalue weighted by Crippen LogP contribution is -2.41. The Bertz CT molecular complexity index is 856. The number of amides is 1. The molecule has 1 aliphatic carbocycles. The average Bonchev–Trinajstić information content (AvgIpc) is 3.18. The molecule has 0 radical (unpaired) electrons. The standard InChI is InChI=1S/C21H27N5O/c1-14-4-2-5-15(8-14)10-25-11-16-9-19-23-24-20(26(19)13-17(16)12-25)21(27)22-18-6-3-7-18/h2,4-5,8,16-18H,3,6-7,9-13H2,1H3,(H,22,27)/t16-,17-/m0/s1. The number of rotatable bonds is 4. The lowest BCUT2D eigenvalue weighted by molar-refractivity contribution is 0.0898. The van der Waals surface area contributed by atoms with E-state index in [9.17, 15) is 4.79 Å². The van der Waals surface area contributed by atoms with E-state index in [4.69, 9.17) is 0 Å². The van der Waals surface area contributed by atoms with Gasteiger partial charge in [-0.2, -0.15) is 0 Å². The summed E-state index contributed by atoms with van der Waals surface area (Å²) < 4.78 is 2.07. The SMILES string of the molecule is Cc1cccc(CN2C[C@@H]3Cc4nnc(C(=O)NC5CCC5)n4C[C@@H]3C2)c1. The zero-order valence-electron chi connectivity index (χ0n) is 15.9. The van der Waals surface area contributed by atoms with Gasteiger partial charge in [0.15, 0.2) is 0 Å². The molecule has 2 aromatic rings. The van der Waals surface area contributed by atoms with Gasteiger partial charge in [-0.05, 0) is 43.6 Å². The summed E-state index contributed by atoms with van der Waals surface area (Å²) in [4.78, 5) is 15.1. The molecule has 1 aromatic heterocycles. The molecular weight excluding hydrogens is 338 g/mol. The number of aromatic nitrogens is 3. The molecule has 5 rings (SSSR count). The number of aryl methyl sites for hydroxylation is 1. The van der Waals surface area contributed by atoms with E-state index in [2.05, 4.69) is 56.2 Å². The first-order chi connectivity index (χ1) is 13.2. The topological polar surface area (TPSA) is 63.1 Å². The van der Waals surface area contributed by atoms with Crippen LogP contribution in [0.15, 0.2) is 24.3 Å². The van der Waals surface area contributed by atoms with E-state index >= 15 is 0 Å². The van der Waals surface area contributed by atoms with Crippen LogP contribution in [0.4, 0.5) is 0 Å². The maximum absolute atomic E-state index is 12.6. The third-order valence-electron chi connectivity index (χ3n) is 6.47. The highest BCUT2D eigenvalue weighted by Crippen LogP contribution is 2.33. The van der Waals surface area contributed by atoms with Gasteiger partial charge >= 0.3 is 0 Å². The van der Waals surface area contributed by atoms with E-state index in [1.807, 2.05) is 0 Å². The van der Waals surface area contributed by atoms with Crippen LogP contribution in [0.2, 0.25) is 0 Å². The molecule has 3 aliphatic rings. The smallest absolute Gasteiger partial charge is 0.289 e. The van der Waals surface area contributed by atoms with Crippen LogP contribution in [-0.2, 0) is 19.5 Å². The Morgan fingerprint density at radius 3 is 2.81 bits per heavy atom. The monoisotopic (exact) mass is 365 g/mol. The number of fused-ring (bicyclic) bond motifs is 2. The van der Waals surface area contributed by atoms with Gasteiger partial charge in [0.1, 0.15) is 5.82 Å². The minimum absolute atomic E-state index is 0.0495. The Kier molecular flexibility index (Phi) is 4.23. The fraction of sp³-hybridized carbons (Fsp3) is 0.571. The number of carbonyl (C=O) groups excluding carboxylic acids is 1. The van der Waals surface area contributed by atoms with Crippen molar-refractivity contribution >= 4 is 5.91 Å². The summed E-state index contributed by atoms with van der Waals surface area (Å²) in [5.41, 5.74) is 2.70. The second kappa shape index (κ2) is 6.75. The summed E-state index contributed by atoms with van der Waals surface area (Å²) in [5.74, 6) is 2.63. The first kappa shape index (κ1) is 16.9. The molecule has 0 bridgehead atoms. The van der Waals surface area contributed by atoms with E-state index in [1.54, 1.807) is 0 Å². The zero-order chi connectivity index (χ0) is 18.4. The van der Waals surface area contributed by atoms with Crippen LogP contribution in [0.1, 0.15) is 46.8 Å². The zero-order valence-corrected chi connectivity index (χ0v) is 15.9. The van der Waals surface area contributed by atoms with Crippen molar-refractivity contribution in [3.05, 3.63) is 47.0 Å². The van der Waals surface area contributed by atoms with E-state index in [1.165, 1.54) is 17.5 Å². The highest BCUT2D eigenvalue weighted by atomic mass is 16.2. The predicted octanol–water partition coefficient (Wildman–Crippen LogP) is 2.17. The summed E-state index contributed by atoms with van der Waals surface area (Å²) in [7, 11) is 0. The van der Waals surface area contributed by atoms with Crippen LogP contribution >= 0.6 is 0 Å². The first-order valence-corrected chi connectivity index (χ1v) is 10.2. The summed E-state index contributed by atoms with van der Waals surface area (Å²) in [6.07, 6.45) is 4.32. The number of hydrogen-bond acceptors (Lipinski definition) is 4. The second-order valence-corrected chi connectivity index (χ2v) is 8.56. The van der Waals surface area contributed by atoms with Gasteiger partial charge in [-0.15, -0.1) is 10.2 Å². The van der Waals surface area contributed by atoms with E-state index in [-0.39, 0.29) is 5.91 Å². The molecule has 1 saturated heterocycles. The van der Waals surface area contributed by atoms with Crippen molar-refractivity contribution in [2.24, 2.45) is 11.8 Å². The number of hydrogen-bond donors (Lipinski definition) is 1. The van der Waals surface area contributed by atoms with Crippen molar-refractivity contribution in [2.45, 2.75) is 51.7 Å². The van der Waals surface area contributed by atoms with Crippen LogP contribution in [0.25, 0.3) is 0 Å². The Morgan fingerprint density at radius 2 is 2.04 bits per heavy atom. The van der Waals surface area contributed by atoms with Crippen molar-refractivity contribution in [1.82, 2.24) is 25.0 Å². The van der Waals surface area contributed by atoms with Crippen molar-refractivity contribution in [2.75, 3.05) is 13.1 Å². The molecule has 0 unspecified atom stereocenters. The van der Waals surface area contributed by atoms with Crippen LogP contribution in [0.5, 0.6) is 0 Å². The molecule has 1 N–H and O–H groups in total. The summed E-state index contributed by atoms with van der Waals surface area (Å²) in [6, 6.07) is 9.11. The highest BCUT2D eigenvalue weighted by Gasteiger charge is 2.39. The normalized spacial score (nSPS) is 24.9. The minimum Gasteiger partial charge on any atom is -0.347 e. The minimum atomic E-state index is -0.0495. The maximum atomic E-state index is 12.6. The van der Waals surface area contributed by atoms with E-state index < -0.39 is 0 Å². The summed E-state index contributed by atoms with van der Waals surface area (Å²) in [5, 5.41) is 11.7. The van der Waals surface area contributed by atoms with Gasteiger partial charge in [0.25, 0.3) is 5.91 Å². The lowest BCUT2D eigenvalue weighted by atomic mass is 9.89. The van der Waals surface area contributed by atoms with Crippen molar-refractivity contribution in [3.8, 4) is 0 Å². The average molecular weight is 365 g/mol. The highest BCUT2D eigenvalue weighted by molar-refractivity contribution is 5.91. The van der Waals surface area contributed by atoms with Crippen molar-refractivity contribution in [3.63, 3.8) is 0 Å². The number of benzene rings is 1. The molecule has 27 heavy (non-hydrogen) atoms. The van der Waals surface area contributed by atoms with E-state index in [0.717, 1.165) is 51.3 Å². The fourth-order valence-corrected chi connectivity index (χ4v) is 4.79. The quantitative estimate of drug-likeness (QED) is 0.902. The third kappa shape index (κ3) is 3.27. The Hall–Kier alpha value is -2.21. The Balaban J connectivity index is 1.26. The van der Waals surface area contributed by atoms with Crippen LogP contribution in [0, 0.1) is 18.8 Å². The van der Waals surface area contributed by atoms with Gasteiger partial charge in [-0.3, -0.25) is 9.69 Å². The molecule has 0 spiro atoms. The van der Waals surface area contributed by atoms with Gasteiger partial charge in [0.05, 0.1) is 0 Å². The molecular formula is C21H27N5O. The molecule has 3 heterocycles. The van der Waals surface area contributed by atoms with E-state index in [0.29, 0.717) is 23.7 Å². The molecule has 2 aliphatic heterocycles.